The van der Waals surface area contributed by atoms with Gasteiger partial charge in [-0.2, -0.15) is 11.3 Å². The summed E-state index contributed by atoms with van der Waals surface area (Å²) >= 11 is 1.67. The van der Waals surface area contributed by atoms with E-state index >= 15 is 0 Å². The zero-order chi connectivity index (χ0) is 16.0. The smallest absolute Gasteiger partial charge is 0.211 e. The van der Waals surface area contributed by atoms with Crippen LogP contribution in [0.2, 0.25) is 0 Å². The number of hydrogen-bond donors (Lipinski definition) is 1. The van der Waals surface area contributed by atoms with Gasteiger partial charge in [-0.25, -0.2) is 13.1 Å². The average molecular weight is 339 g/mol. The van der Waals surface area contributed by atoms with E-state index in [4.69, 9.17) is 4.74 Å². The van der Waals surface area contributed by atoms with Gasteiger partial charge in [-0.05, 0) is 53.4 Å². The van der Waals surface area contributed by atoms with Gasteiger partial charge in [-0.3, -0.25) is 0 Å². The van der Waals surface area contributed by atoms with E-state index in [9.17, 15) is 8.42 Å². The molecule has 1 heterocycles. The SMILES string of the molecule is CCCS(=O)(=O)NCC(C)Oc1ccc(-c2ccsc2)cc1. The molecule has 1 atom stereocenters. The van der Waals surface area contributed by atoms with Crippen molar-refractivity contribution < 1.29 is 13.2 Å². The van der Waals surface area contributed by atoms with Crippen molar-refractivity contribution >= 4 is 21.4 Å². The van der Waals surface area contributed by atoms with Crippen LogP contribution in [0.5, 0.6) is 5.75 Å². The molecule has 1 unspecified atom stereocenters. The standard InChI is InChI=1S/C16H21NO3S2/c1-3-10-22(18,19)17-11-13(2)20-16-6-4-14(5-7-16)15-8-9-21-12-15/h4-9,12-13,17H,3,10-11H2,1-2H3. The van der Waals surface area contributed by atoms with Gasteiger partial charge < -0.3 is 4.74 Å². The summed E-state index contributed by atoms with van der Waals surface area (Å²) < 4.78 is 31.5. The summed E-state index contributed by atoms with van der Waals surface area (Å²) in [4.78, 5) is 0. The Kier molecular flexibility index (Phi) is 5.99. The first-order valence-electron chi connectivity index (χ1n) is 7.27. The Balaban J connectivity index is 1.88. The fourth-order valence-electron chi connectivity index (χ4n) is 2.01. The van der Waals surface area contributed by atoms with Crippen molar-refractivity contribution in [1.82, 2.24) is 4.72 Å². The molecule has 1 aromatic heterocycles. The Morgan fingerprint density at radius 3 is 2.50 bits per heavy atom. The maximum absolute atomic E-state index is 11.6. The molecular formula is C16H21NO3S2. The van der Waals surface area contributed by atoms with E-state index in [0.29, 0.717) is 6.42 Å². The summed E-state index contributed by atoms with van der Waals surface area (Å²) in [5, 5.41) is 4.14. The third kappa shape index (κ3) is 5.12. The van der Waals surface area contributed by atoms with Crippen LogP contribution in [-0.2, 0) is 10.0 Å². The summed E-state index contributed by atoms with van der Waals surface area (Å²) in [7, 11) is -3.18. The van der Waals surface area contributed by atoms with Crippen LogP contribution in [0, 0.1) is 0 Å². The van der Waals surface area contributed by atoms with Crippen LogP contribution < -0.4 is 9.46 Å². The predicted molar refractivity (Wildman–Crippen MR) is 91.9 cm³/mol. The Bertz CT molecular complexity index is 664. The molecule has 0 aliphatic heterocycles. The molecular weight excluding hydrogens is 318 g/mol. The summed E-state index contributed by atoms with van der Waals surface area (Å²) in [6, 6.07) is 9.90. The van der Waals surface area contributed by atoms with Crippen LogP contribution in [0.4, 0.5) is 0 Å². The number of sulfonamides is 1. The molecule has 2 aromatic rings. The number of nitrogens with one attached hydrogen (secondary N) is 1. The van der Waals surface area contributed by atoms with Gasteiger partial charge in [0.1, 0.15) is 11.9 Å². The Morgan fingerprint density at radius 2 is 1.91 bits per heavy atom. The molecule has 0 amide bonds. The maximum atomic E-state index is 11.6. The lowest BCUT2D eigenvalue weighted by Gasteiger charge is -2.15. The fraction of sp³-hybridized carbons (Fsp3) is 0.375. The highest BCUT2D eigenvalue weighted by atomic mass is 32.2. The van der Waals surface area contributed by atoms with Crippen LogP contribution in [0.25, 0.3) is 11.1 Å². The van der Waals surface area contributed by atoms with Gasteiger partial charge in [0.25, 0.3) is 0 Å². The van der Waals surface area contributed by atoms with Gasteiger partial charge in [0.05, 0.1) is 5.75 Å². The topological polar surface area (TPSA) is 55.4 Å². The van der Waals surface area contributed by atoms with Crippen molar-refractivity contribution in [2.24, 2.45) is 0 Å². The van der Waals surface area contributed by atoms with Gasteiger partial charge in [0, 0.05) is 6.54 Å². The fourth-order valence-corrected chi connectivity index (χ4v) is 3.85. The lowest BCUT2D eigenvalue weighted by atomic mass is 10.1. The van der Waals surface area contributed by atoms with Crippen molar-refractivity contribution in [2.45, 2.75) is 26.4 Å². The molecule has 0 saturated heterocycles. The third-order valence-corrected chi connectivity index (χ3v) is 5.35. The minimum absolute atomic E-state index is 0.148. The quantitative estimate of drug-likeness (QED) is 0.801. The number of hydrogen-bond acceptors (Lipinski definition) is 4. The van der Waals surface area contributed by atoms with Crippen LogP contribution in [0.15, 0.2) is 41.1 Å². The van der Waals surface area contributed by atoms with Crippen molar-refractivity contribution in [3.05, 3.63) is 41.1 Å². The number of benzene rings is 1. The summed E-state index contributed by atoms with van der Waals surface area (Å²) in [6.07, 6.45) is 0.382. The highest BCUT2D eigenvalue weighted by Gasteiger charge is 2.11. The van der Waals surface area contributed by atoms with Gasteiger partial charge in [-0.15, -0.1) is 0 Å². The molecule has 6 heteroatoms. The van der Waals surface area contributed by atoms with E-state index < -0.39 is 10.0 Å². The van der Waals surface area contributed by atoms with Crippen molar-refractivity contribution in [2.75, 3.05) is 12.3 Å². The van der Waals surface area contributed by atoms with Crippen LogP contribution in [-0.4, -0.2) is 26.8 Å². The lowest BCUT2D eigenvalue weighted by Crippen LogP contribution is -2.34. The third-order valence-electron chi connectivity index (χ3n) is 3.11. The minimum atomic E-state index is -3.18. The normalized spacial score (nSPS) is 13.0. The minimum Gasteiger partial charge on any atom is -0.489 e. The van der Waals surface area contributed by atoms with Crippen molar-refractivity contribution in [3.63, 3.8) is 0 Å². The number of rotatable bonds is 8. The molecule has 22 heavy (non-hydrogen) atoms. The molecule has 0 aliphatic carbocycles. The first-order chi connectivity index (χ1) is 10.5. The summed E-state index contributed by atoms with van der Waals surface area (Å²) in [6.45, 7) is 3.96. The van der Waals surface area contributed by atoms with E-state index in [0.717, 1.165) is 11.3 Å². The monoisotopic (exact) mass is 339 g/mol. The molecule has 0 fully saturated rings. The number of thiophene rings is 1. The van der Waals surface area contributed by atoms with Crippen LogP contribution >= 0.6 is 11.3 Å². The average Bonchev–Trinajstić information content (AvgIpc) is 3.00. The second-order valence-electron chi connectivity index (χ2n) is 5.13. The second-order valence-corrected chi connectivity index (χ2v) is 7.84. The molecule has 1 aromatic carbocycles. The summed E-state index contributed by atoms with van der Waals surface area (Å²) in [5.74, 6) is 0.885. The number of ether oxygens (including phenoxy) is 1. The Hall–Kier alpha value is -1.37. The zero-order valence-electron chi connectivity index (χ0n) is 12.8. The van der Waals surface area contributed by atoms with E-state index in [2.05, 4.69) is 16.2 Å². The molecule has 0 aliphatic rings. The molecule has 0 saturated carbocycles. The van der Waals surface area contributed by atoms with E-state index in [1.54, 1.807) is 11.3 Å². The largest absolute Gasteiger partial charge is 0.489 e. The highest BCUT2D eigenvalue weighted by Crippen LogP contribution is 2.24. The van der Waals surface area contributed by atoms with Gasteiger partial charge in [-0.1, -0.05) is 19.1 Å². The van der Waals surface area contributed by atoms with Gasteiger partial charge in [0.15, 0.2) is 0 Å². The molecule has 0 spiro atoms. The van der Waals surface area contributed by atoms with E-state index in [1.165, 1.54) is 5.56 Å². The molecule has 120 valence electrons. The van der Waals surface area contributed by atoms with Crippen LogP contribution in [0.1, 0.15) is 20.3 Å². The molecule has 2 rings (SSSR count). The van der Waals surface area contributed by atoms with E-state index in [1.807, 2.05) is 43.5 Å². The van der Waals surface area contributed by atoms with Gasteiger partial charge >= 0.3 is 0 Å². The molecule has 0 bridgehead atoms. The zero-order valence-corrected chi connectivity index (χ0v) is 14.4. The first-order valence-corrected chi connectivity index (χ1v) is 9.86. The molecule has 4 nitrogen and oxygen atoms in total. The lowest BCUT2D eigenvalue weighted by molar-refractivity contribution is 0.225. The summed E-state index contributed by atoms with van der Waals surface area (Å²) in [5.41, 5.74) is 2.34. The first kappa shape index (κ1) is 17.0. The Labute approximate surface area is 136 Å². The second kappa shape index (κ2) is 7.76. The van der Waals surface area contributed by atoms with Gasteiger partial charge in [0.2, 0.25) is 10.0 Å². The van der Waals surface area contributed by atoms with Crippen molar-refractivity contribution in [1.29, 1.82) is 0 Å². The Morgan fingerprint density at radius 1 is 1.18 bits per heavy atom. The molecule has 1 N–H and O–H groups in total. The highest BCUT2D eigenvalue weighted by molar-refractivity contribution is 7.89. The van der Waals surface area contributed by atoms with Crippen molar-refractivity contribution in [3.8, 4) is 16.9 Å². The van der Waals surface area contributed by atoms with E-state index in [-0.39, 0.29) is 18.4 Å². The molecule has 0 radical (unpaired) electrons. The maximum Gasteiger partial charge on any atom is 0.211 e. The van der Waals surface area contributed by atoms with Crippen LogP contribution in [0.3, 0.4) is 0 Å². The predicted octanol–water partition coefficient (Wildman–Crippen LogP) is 3.51.